The van der Waals surface area contributed by atoms with Crippen LogP contribution in [0.2, 0.25) is 0 Å². The molecule has 0 aromatic carbocycles. The molecule has 6 nitrogen and oxygen atoms in total. The molecule has 0 bridgehead atoms. The largest absolute Gasteiger partial charge is 0.462 e. The molecule has 1 atom stereocenters. The second-order valence-corrected chi connectivity index (χ2v) is 15.3. The van der Waals surface area contributed by atoms with E-state index in [0.29, 0.717) is 19.3 Å². The van der Waals surface area contributed by atoms with Crippen molar-refractivity contribution in [2.45, 2.75) is 239 Å². The van der Waals surface area contributed by atoms with Gasteiger partial charge in [-0.1, -0.05) is 179 Å². The van der Waals surface area contributed by atoms with Gasteiger partial charge in [0, 0.05) is 19.3 Å². The van der Waals surface area contributed by atoms with Gasteiger partial charge in [0.1, 0.15) is 13.2 Å². The lowest BCUT2D eigenvalue weighted by atomic mass is 10.1. The van der Waals surface area contributed by atoms with Crippen molar-refractivity contribution in [1.29, 1.82) is 0 Å². The van der Waals surface area contributed by atoms with Crippen molar-refractivity contribution in [2.75, 3.05) is 13.2 Å². The molecule has 0 aromatic heterocycles. The van der Waals surface area contributed by atoms with E-state index in [0.717, 1.165) is 103 Å². The van der Waals surface area contributed by atoms with E-state index in [4.69, 9.17) is 14.2 Å². The topological polar surface area (TPSA) is 78.9 Å². The molecule has 54 heavy (non-hydrogen) atoms. The Morgan fingerprint density at radius 3 is 1.15 bits per heavy atom. The number of allylic oxidation sites excluding steroid dienone is 6. The van der Waals surface area contributed by atoms with Crippen LogP contribution < -0.4 is 0 Å². The van der Waals surface area contributed by atoms with E-state index in [-0.39, 0.29) is 31.1 Å². The number of carbonyl (C=O) groups excluding carboxylic acids is 3. The van der Waals surface area contributed by atoms with Crippen LogP contribution in [0, 0.1) is 0 Å². The quantitative estimate of drug-likeness (QED) is 0.0267. The molecular formula is C48H86O6. The van der Waals surface area contributed by atoms with Gasteiger partial charge in [-0.05, 0) is 70.6 Å². The molecule has 0 aliphatic carbocycles. The minimum absolute atomic E-state index is 0.0808. The summed E-state index contributed by atoms with van der Waals surface area (Å²) < 4.78 is 16.7. The summed E-state index contributed by atoms with van der Waals surface area (Å²) >= 11 is 0. The van der Waals surface area contributed by atoms with Crippen LogP contribution in [0.5, 0.6) is 0 Å². The normalized spacial score (nSPS) is 12.3. The molecule has 0 aliphatic rings. The number of unbranched alkanes of at least 4 members (excludes halogenated alkanes) is 24. The van der Waals surface area contributed by atoms with Crippen LogP contribution >= 0.6 is 0 Å². The van der Waals surface area contributed by atoms with Crippen LogP contribution in [0.4, 0.5) is 0 Å². The lowest BCUT2D eigenvalue weighted by molar-refractivity contribution is -0.167. The van der Waals surface area contributed by atoms with Gasteiger partial charge in [-0.15, -0.1) is 0 Å². The molecule has 0 heterocycles. The van der Waals surface area contributed by atoms with Crippen molar-refractivity contribution in [3.8, 4) is 0 Å². The summed E-state index contributed by atoms with van der Waals surface area (Å²) in [5, 5.41) is 0. The van der Waals surface area contributed by atoms with Crippen molar-refractivity contribution in [3.05, 3.63) is 36.5 Å². The number of hydrogen-bond acceptors (Lipinski definition) is 6. The Kier molecular flexibility index (Phi) is 41.5. The van der Waals surface area contributed by atoms with Crippen LogP contribution in [0.15, 0.2) is 36.5 Å². The van der Waals surface area contributed by atoms with Gasteiger partial charge in [0.15, 0.2) is 6.10 Å². The fourth-order valence-electron chi connectivity index (χ4n) is 6.41. The van der Waals surface area contributed by atoms with E-state index < -0.39 is 6.10 Å². The zero-order valence-corrected chi connectivity index (χ0v) is 35.7. The molecule has 0 fully saturated rings. The van der Waals surface area contributed by atoms with E-state index in [2.05, 4.69) is 57.2 Å². The predicted octanol–water partition coefficient (Wildman–Crippen LogP) is 14.6. The number of esters is 3. The lowest BCUT2D eigenvalue weighted by Crippen LogP contribution is -2.30. The van der Waals surface area contributed by atoms with Crippen LogP contribution in [-0.4, -0.2) is 37.2 Å². The van der Waals surface area contributed by atoms with E-state index in [1.54, 1.807) is 0 Å². The standard InChI is InChI=1S/C48H86O6/c1-4-7-10-13-16-19-22-24-25-27-29-32-35-38-41-47(50)53-44-45(43-52-46(49)40-37-34-31-28-21-18-15-12-9-6-3)54-48(51)42-39-36-33-30-26-23-20-17-14-11-8-5-2/h8,11,17,20,25,27,45H,4-7,9-10,12-16,18-19,21-24,26,28-44H2,1-3H3/b11-8-,20-17-,27-25-. The minimum atomic E-state index is -0.779. The number of rotatable bonds is 41. The maximum absolute atomic E-state index is 12.7. The first-order valence-corrected chi connectivity index (χ1v) is 23.0. The van der Waals surface area contributed by atoms with Gasteiger partial charge in [-0.2, -0.15) is 0 Å². The third kappa shape index (κ3) is 40.8. The molecular weight excluding hydrogens is 673 g/mol. The predicted molar refractivity (Wildman–Crippen MR) is 229 cm³/mol. The van der Waals surface area contributed by atoms with E-state index >= 15 is 0 Å². The molecule has 0 spiro atoms. The highest BCUT2D eigenvalue weighted by Crippen LogP contribution is 2.14. The molecule has 0 aromatic rings. The maximum Gasteiger partial charge on any atom is 0.306 e. The molecule has 0 radical (unpaired) electrons. The van der Waals surface area contributed by atoms with Crippen molar-refractivity contribution in [1.82, 2.24) is 0 Å². The molecule has 0 rings (SSSR count). The average Bonchev–Trinajstić information content (AvgIpc) is 3.17. The first-order chi connectivity index (χ1) is 26.5. The Labute approximate surface area is 334 Å². The van der Waals surface area contributed by atoms with Crippen LogP contribution in [-0.2, 0) is 28.6 Å². The Morgan fingerprint density at radius 2 is 0.722 bits per heavy atom. The third-order valence-corrected chi connectivity index (χ3v) is 9.88. The summed E-state index contributed by atoms with van der Waals surface area (Å²) in [5.41, 5.74) is 0. The summed E-state index contributed by atoms with van der Waals surface area (Å²) in [6.07, 6.45) is 48.4. The SMILES string of the molecule is CC/C=C\C/C=C\CCCCCCCC(=O)OC(COC(=O)CCCCC/C=C\CCCCCCCCC)COC(=O)CCCCCCCCCCCC. The minimum Gasteiger partial charge on any atom is -0.462 e. The molecule has 1 unspecified atom stereocenters. The van der Waals surface area contributed by atoms with E-state index in [1.165, 1.54) is 89.9 Å². The lowest BCUT2D eigenvalue weighted by Gasteiger charge is -2.18. The van der Waals surface area contributed by atoms with Gasteiger partial charge in [-0.3, -0.25) is 14.4 Å². The Morgan fingerprint density at radius 1 is 0.389 bits per heavy atom. The Balaban J connectivity index is 4.39. The van der Waals surface area contributed by atoms with Gasteiger partial charge in [0.2, 0.25) is 0 Å². The number of carbonyl (C=O) groups is 3. The Bertz CT molecular complexity index is 922. The van der Waals surface area contributed by atoms with Gasteiger partial charge >= 0.3 is 17.9 Å². The molecule has 6 heteroatoms. The maximum atomic E-state index is 12.7. The summed E-state index contributed by atoms with van der Waals surface area (Å²) in [7, 11) is 0. The summed E-state index contributed by atoms with van der Waals surface area (Å²) in [5.74, 6) is -0.912. The van der Waals surface area contributed by atoms with Crippen LogP contribution in [0.3, 0.4) is 0 Å². The molecule has 314 valence electrons. The number of hydrogen-bond donors (Lipinski definition) is 0. The van der Waals surface area contributed by atoms with Crippen molar-refractivity contribution in [3.63, 3.8) is 0 Å². The van der Waals surface area contributed by atoms with Crippen LogP contribution in [0.25, 0.3) is 0 Å². The monoisotopic (exact) mass is 759 g/mol. The highest BCUT2D eigenvalue weighted by Gasteiger charge is 2.19. The highest BCUT2D eigenvalue weighted by molar-refractivity contribution is 5.71. The second-order valence-electron chi connectivity index (χ2n) is 15.3. The molecule has 0 amide bonds. The van der Waals surface area contributed by atoms with Gasteiger partial charge in [-0.25, -0.2) is 0 Å². The summed E-state index contributed by atoms with van der Waals surface area (Å²) in [4.78, 5) is 37.7. The molecule has 0 N–H and O–H groups in total. The van der Waals surface area contributed by atoms with Crippen molar-refractivity contribution < 1.29 is 28.6 Å². The van der Waals surface area contributed by atoms with Crippen LogP contribution in [0.1, 0.15) is 233 Å². The average molecular weight is 759 g/mol. The van der Waals surface area contributed by atoms with Gasteiger partial charge < -0.3 is 14.2 Å². The zero-order chi connectivity index (χ0) is 39.4. The third-order valence-electron chi connectivity index (χ3n) is 9.88. The highest BCUT2D eigenvalue weighted by atomic mass is 16.6. The molecule has 0 saturated heterocycles. The van der Waals surface area contributed by atoms with Crippen molar-refractivity contribution >= 4 is 17.9 Å². The Hall–Kier alpha value is -2.37. The molecule has 0 saturated carbocycles. The summed E-state index contributed by atoms with van der Waals surface area (Å²) in [6, 6.07) is 0. The molecule has 0 aliphatic heterocycles. The zero-order valence-electron chi connectivity index (χ0n) is 35.7. The first-order valence-electron chi connectivity index (χ1n) is 23.0. The fraction of sp³-hybridized carbons (Fsp3) is 0.812. The van der Waals surface area contributed by atoms with Crippen molar-refractivity contribution in [2.24, 2.45) is 0 Å². The summed E-state index contributed by atoms with van der Waals surface area (Å²) in [6.45, 7) is 6.48. The smallest absolute Gasteiger partial charge is 0.306 e. The van der Waals surface area contributed by atoms with Gasteiger partial charge in [0.25, 0.3) is 0 Å². The van der Waals surface area contributed by atoms with E-state index in [1.807, 2.05) is 0 Å². The first kappa shape index (κ1) is 51.6. The second kappa shape index (κ2) is 43.4. The number of ether oxygens (including phenoxy) is 3. The van der Waals surface area contributed by atoms with E-state index in [9.17, 15) is 14.4 Å². The van der Waals surface area contributed by atoms with Gasteiger partial charge in [0.05, 0.1) is 0 Å². The fourth-order valence-corrected chi connectivity index (χ4v) is 6.41.